The highest BCUT2D eigenvalue weighted by atomic mass is 35.5. The number of benzene rings is 2. The van der Waals surface area contributed by atoms with Gasteiger partial charge in [0.2, 0.25) is 12.2 Å². The molecule has 5 aromatic rings. The van der Waals surface area contributed by atoms with Gasteiger partial charge in [0, 0.05) is 34.3 Å². The summed E-state index contributed by atoms with van der Waals surface area (Å²) >= 11 is 7.70. The molecule has 6 nitrogen and oxygen atoms in total. The van der Waals surface area contributed by atoms with Crippen molar-refractivity contribution in [3.05, 3.63) is 84.3 Å². The predicted octanol–water partition coefficient (Wildman–Crippen LogP) is 6.00. The lowest BCUT2D eigenvalue weighted by atomic mass is 10.1. The Balaban J connectivity index is 1.60. The molecule has 0 amide bonds. The quantitative estimate of drug-likeness (QED) is 0.330. The zero-order valence-electron chi connectivity index (χ0n) is 16.4. The molecule has 0 bridgehead atoms. The van der Waals surface area contributed by atoms with E-state index in [9.17, 15) is 0 Å². The van der Waals surface area contributed by atoms with Crippen molar-refractivity contribution < 1.29 is 4.52 Å². The van der Waals surface area contributed by atoms with Gasteiger partial charge in [0.1, 0.15) is 16.4 Å². The molecule has 0 aliphatic rings. The lowest BCUT2D eigenvalue weighted by Crippen LogP contribution is -1.95. The van der Waals surface area contributed by atoms with E-state index in [0.717, 1.165) is 38.3 Å². The van der Waals surface area contributed by atoms with Crippen LogP contribution in [-0.4, -0.2) is 24.7 Å². The zero-order valence-corrected chi connectivity index (χ0v) is 18.0. The SMILES string of the molecule is Cn1c(-c2ccccn2)nc(-c2ccc(-c3ncon3)cc2)c1Sc1ccc(Cl)cc1. The van der Waals surface area contributed by atoms with Crippen LogP contribution in [0.2, 0.25) is 5.02 Å². The fourth-order valence-corrected chi connectivity index (χ4v) is 4.31. The predicted molar refractivity (Wildman–Crippen MR) is 121 cm³/mol. The lowest BCUT2D eigenvalue weighted by molar-refractivity contribution is 0.419. The second kappa shape index (κ2) is 8.37. The van der Waals surface area contributed by atoms with E-state index in [0.29, 0.717) is 10.8 Å². The summed E-state index contributed by atoms with van der Waals surface area (Å²) in [5, 5.41) is 5.62. The number of halogens is 1. The molecule has 2 aromatic carbocycles. The topological polar surface area (TPSA) is 69.6 Å². The van der Waals surface area contributed by atoms with Gasteiger partial charge in [0.05, 0.1) is 0 Å². The molecule has 152 valence electrons. The Labute approximate surface area is 187 Å². The molecule has 0 saturated carbocycles. The van der Waals surface area contributed by atoms with Gasteiger partial charge in [-0.05, 0) is 36.4 Å². The van der Waals surface area contributed by atoms with Gasteiger partial charge in [0.25, 0.3) is 0 Å². The maximum Gasteiger partial charge on any atom is 0.214 e. The highest BCUT2D eigenvalue weighted by Crippen LogP contribution is 2.38. The molecule has 0 aliphatic carbocycles. The third-order valence-electron chi connectivity index (χ3n) is 4.74. The van der Waals surface area contributed by atoms with E-state index in [-0.39, 0.29) is 0 Å². The third kappa shape index (κ3) is 3.97. The van der Waals surface area contributed by atoms with E-state index in [2.05, 4.69) is 19.7 Å². The molecule has 0 spiro atoms. The van der Waals surface area contributed by atoms with E-state index in [1.54, 1.807) is 18.0 Å². The monoisotopic (exact) mass is 445 g/mol. The molecule has 8 heteroatoms. The van der Waals surface area contributed by atoms with E-state index in [1.807, 2.05) is 73.8 Å². The van der Waals surface area contributed by atoms with Crippen LogP contribution in [0, 0.1) is 0 Å². The summed E-state index contributed by atoms with van der Waals surface area (Å²) in [6.45, 7) is 0. The van der Waals surface area contributed by atoms with Crippen LogP contribution in [-0.2, 0) is 7.05 Å². The van der Waals surface area contributed by atoms with Crippen molar-refractivity contribution in [2.45, 2.75) is 9.92 Å². The zero-order chi connectivity index (χ0) is 21.2. The van der Waals surface area contributed by atoms with Crippen molar-refractivity contribution >= 4 is 23.4 Å². The van der Waals surface area contributed by atoms with Gasteiger partial charge < -0.3 is 9.09 Å². The highest BCUT2D eigenvalue weighted by Gasteiger charge is 2.19. The van der Waals surface area contributed by atoms with Gasteiger partial charge in [-0.25, -0.2) is 4.98 Å². The number of aromatic nitrogens is 5. The number of imidazole rings is 1. The second-order valence-electron chi connectivity index (χ2n) is 6.75. The number of rotatable bonds is 5. The van der Waals surface area contributed by atoms with E-state index >= 15 is 0 Å². The molecule has 0 aliphatic heterocycles. The van der Waals surface area contributed by atoms with Gasteiger partial charge in [-0.1, -0.05) is 58.9 Å². The average Bonchev–Trinajstić information content (AvgIpc) is 3.45. The Morgan fingerprint density at radius 1 is 0.903 bits per heavy atom. The molecule has 0 fully saturated rings. The average molecular weight is 446 g/mol. The first-order valence-corrected chi connectivity index (χ1v) is 10.7. The molecule has 0 saturated heterocycles. The van der Waals surface area contributed by atoms with E-state index in [4.69, 9.17) is 21.1 Å². The molecule has 0 atom stereocenters. The van der Waals surface area contributed by atoms with Crippen molar-refractivity contribution in [1.29, 1.82) is 0 Å². The molecule has 0 N–H and O–H groups in total. The first kappa shape index (κ1) is 19.5. The van der Waals surface area contributed by atoms with Crippen LogP contribution in [0.3, 0.4) is 0 Å². The maximum absolute atomic E-state index is 6.06. The van der Waals surface area contributed by atoms with Crippen LogP contribution in [0.4, 0.5) is 0 Å². The fourth-order valence-electron chi connectivity index (χ4n) is 3.20. The Morgan fingerprint density at radius 3 is 2.35 bits per heavy atom. The van der Waals surface area contributed by atoms with Gasteiger partial charge in [0.15, 0.2) is 5.82 Å². The Morgan fingerprint density at radius 2 is 1.68 bits per heavy atom. The van der Waals surface area contributed by atoms with Crippen molar-refractivity contribution in [1.82, 2.24) is 24.7 Å². The molecular weight excluding hydrogens is 430 g/mol. The van der Waals surface area contributed by atoms with Gasteiger partial charge in [-0.2, -0.15) is 4.98 Å². The minimum atomic E-state index is 0.553. The van der Waals surface area contributed by atoms with Crippen LogP contribution in [0.1, 0.15) is 0 Å². The number of pyridine rings is 1. The summed E-state index contributed by atoms with van der Waals surface area (Å²) < 4.78 is 6.92. The number of nitrogens with zero attached hydrogens (tertiary/aromatic N) is 5. The molecule has 31 heavy (non-hydrogen) atoms. The summed E-state index contributed by atoms with van der Waals surface area (Å²) in [6, 6.07) is 21.6. The van der Waals surface area contributed by atoms with Crippen LogP contribution in [0.5, 0.6) is 0 Å². The molecule has 5 rings (SSSR count). The van der Waals surface area contributed by atoms with Crippen LogP contribution < -0.4 is 0 Å². The Kier molecular flexibility index (Phi) is 5.28. The van der Waals surface area contributed by atoms with Gasteiger partial charge in [-0.15, -0.1) is 0 Å². The summed E-state index contributed by atoms with van der Waals surface area (Å²) in [6.07, 6.45) is 3.09. The molecule has 3 aromatic heterocycles. The van der Waals surface area contributed by atoms with Crippen LogP contribution >= 0.6 is 23.4 Å². The van der Waals surface area contributed by atoms with Gasteiger partial charge in [-0.3, -0.25) is 4.98 Å². The molecule has 0 unspecified atom stereocenters. The maximum atomic E-state index is 6.06. The summed E-state index contributed by atoms with van der Waals surface area (Å²) in [5.41, 5.74) is 3.56. The summed E-state index contributed by atoms with van der Waals surface area (Å²) in [5.74, 6) is 1.35. The minimum absolute atomic E-state index is 0.553. The molecule has 0 radical (unpaired) electrons. The van der Waals surface area contributed by atoms with E-state index in [1.165, 1.54) is 6.39 Å². The second-order valence-corrected chi connectivity index (χ2v) is 8.25. The van der Waals surface area contributed by atoms with Gasteiger partial charge >= 0.3 is 0 Å². The number of hydrogen-bond donors (Lipinski definition) is 0. The Bertz CT molecular complexity index is 1300. The van der Waals surface area contributed by atoms with Crippen LogP contribution in [0.15, 0.2) is 93.8 Å². The highest BCUT2D eigenvalue weighted by molar-refractivity contribution is 7.99. The third-order valence-corrected chi connectivity index (χ3v) is 6.16. The standard InChI is InChI=1S/C23H16ClN5OS/c1-29-22(19-4-2-3-13-25-19)27-20(23(29)31-18-11-9-17(24)10-12-18)15-5-7-16(8-6-15)21-26-14-30-28-21/h2-14H,1H3. The normalized spacial score (nSPS) is 11.0. The largest absolute Gasteiger partial charge is 0.342 e. The van der Waals surface area contributed by atoms with Crippen molar-refractivity contribution in [2.24, 2.45) is 7.05 Å². The van der Waals surface area contributed by atoms with Crippen molar-refractivity contribution in [3.63, 3.8) is 0 Å². The van der Waals surface area contributed by atoms with Crippen molar-refractivity contribution in [3.8, 4) is 34.2 Å². The van der Waals surface area contributed by atoms with Crippen LogP contribution in [0.25, 0.3) is 34.2 Å². The fraction of sp³-hybridized carbons (Fsp3) is 0.0435. The first-order valence-electron chi connectivity index (χ1n) is 9.48. The molecular formula is C23H16ClN5OS. The van der Waals surface area contributed by atoms with E-state index < -0.39 is 0 Å². The van der Waals surface area contributed by atoms with Crippen molar-refractivity contribution in [2.75, 3.05) is 0 Å². The first-order chi connectivity index (χ1) is 15.2. The summed E-state index contributed by atoms with van der Waals surface area (Å²) in [7, 11) is 2.01. The summed E-state index contributed by atoms with van der Waals surface area (Å²) in [4.78, 5) is 14.6. The smallest absolute Gasteiger partial charge is 0.214 e. The lowest BCUT2D eigenvalue weighted by Gasteiger charge is -2.08. The molecule has 3 heterocycles. The Hall–Kier alpha value is -3.42. The number of hydrogen-bond acceptors (Lipinski definition) is 6. The minimum Gasteiger partial charge on any atom is -0.342 e.